The van der Waals surface area contributed by atoms with Crippen molar-refractivity contribution in [1.29, 1.82) is 0 Å². The summed E-state index contributed by atoms with van der Waals surface area (Å²) < 4.78 is 19.7. The monoisotopic (exact) mass is 223 g/mol. The van der Waals surface area contributed by atoms with E-state index in [0.717, 1.165) is 30.6 Å². The third kappa shape index (κ3) is 2.42. The Kier molecular flexibility index (Phi) is 3.91. The lowest BCUT2D eigenvalue weighted by molar-refractivity contribution is 0.0195. The molecule has 1 fully saturated rings. The van der Waals surface area contributed by atoms with Gasteiger partial charge in [0.1, 0.15) is 6.17 Å². The Labute approximate surface area is 95.6 Å². The highest BCUT2D eigenvalue weighted by molar-refractivity contribution is 5.29. The second kappa shape index (κ2) is 5.41. The van der Waals surface area contributed by atoms with Gasteiger partial charge < -0.3 is 10.5 Å². The summed E-state index contributed by atoms with van der Waals surface area (Å²) in [5, 5.41) is 0. The smallest absolute Gasteiger partial charge is 0.130 e. The summed E-state index contributed by atoms with van der Waals surface area (Å²) in [6.07, 6.45) is 0.913. The molecule has 2 N–H and O–H groups in total. The molecule has 1 heterocycles. The Morgan fingerprint density at radius 2 is 2.25 bits per heavy atom. The van der Waals surface area contributed by atoms with Gasteiger partial charge in [0.25, 0.3) is 0 Å². The van der Waals surface area contributed by atoms with Gasteiger partial charge in [-0.05, 0) is 24.0 Å². The van der Waals surface area contributed by atoms with E-state index in [4.69, 9.17) is 10.5 Å². The van der Waals surface area contributed by atoms with E-state index < -0.39 is 6.17 Å². The van der Waals surface area contributed by atoms with Crippen molar-refractivity contribution in [3.63, 3.8) is 0 Å². The number of hydrogen-bond acceptors (Lipinski definition) is 2. The Morgan fingerprint density at radius 1 is 1.44 bits per heavy atom. The van der Waals surface area contributed by atoms with Gasteiger partial charge in [-0.15, -0.1) is 0 Å². The van der Waals surface area contributed by atoms with E-state index in [0.29, 0.717) is 13.2 Å². The molecule has 2 nitrogen and oxygen atoms in total. The lowest BCUT2D eigenvalue weighted by Crippen LogP contribution is -2.22. The van der Waals surface area contributed by atoms with E-state index in [1.165, 1.54) is 0 Å². The molecule has 1 aromatic carbocycles. The third-order valence-electron chi connectivity index (χ3n) is 3.18. The number of hydrogen-bond donors (Lipinski definition) is 1. The van der Waals surface area contributed by atoms with Crippen LogP contribution in [0.3, 0.4) is 0 Å². The van der Waals surface area contributed by atoms with Crippen molar-refractivity contribution in [2.24, 2.45) is 11.7 Å². The molecular weight excluding hydrogens is 205 g/mol. The molecule has 16 heavy (non-hydrogen) atoms. The summed E-state index contributed by atoms with van der Waals surface area (Å²) >= 11 is 0. The Balaban J connectivity index is 2.15. The van der Waals surface area contributed by atoms with Crippen LogP contribution in [0.1, 0.15) is 30.1 Å². The molecule has 2 unspecified atom stereocenters. The minimum absolute atomic E-state index is 0.0125. The molecule has 0 bridgehead atoms. The molecule has 2 atom stereocenters. The number of nitrogens with two attached hydrogens (primary N) is 1. The molecule has 0 radical (unpaired) electrons. The first kappa shape index (κ1) is 11.6. The van der Waals surface area contributed by atoms with Crippen LogP contribution in [0.2, 0.25) is 0 Å². The van der Waals surface area contributed by atoms with E-state index >= 15 is 0 Å². The van der Waals surface area contributed by atoms with Crippen molar-refractivity contribution in [2.45, 2.75) is 25.6 Å². The average molecular weight is 223 g/mol. The third-order valence-corrected chi connectivity index (χ3v) is 3.18. The van der Waals surface area contributed by atoms with Crippen molar-refractivity contribution >= 4 is 0 Å². The second-order valence-corrected chi connectivity index (χ2v) is 4.28. The van der Waals surface area contributed by atoms with Gasteiger partial charge in [-0.25, -0.2) is 4.39 Å². The van der Waals surface area contributed by atoms with Crippen molar-refractivity contribution in [3.05, 3.63) is 35.4 Å². The molecule has 2 rings (SSSR count). The van der Waals surface area contributed by atoms with Crippen molar-refractivity contribution < 1.29 is 9.13 Å². The van der Waals surface area contributed by atoms with Crippen LogP contribution >= 0.6 is 0 Å². The van der Waals surface area contributed by atoms with Crippen LogP contribution in [-0.4, -0.2) is 13.2 Å². The summed E-state index contributed by atoms with van der Waals surface area (Å²) in [5.41, 5.74) is 7.26. The molecule has 3 heteroatoms. The van der Waals surface area contributed by atoms with Gasteiger partial charge in [-0.1, -0.05) is 24.3 Å². The normalized spacial score (nSPS) is 23.0. The van der Waals surface area contributed by atoms with Gasteiger partial charge in [0.2, 0.25) is 0 Å². The van der Waals surface area contributed by atoms with Gasteiger partial charge in [-0.3, -0.25) is 0 Å². The SMILES string of the molecule is NCc1ccccc1C(F)C1CCCOC1. The maximum atomic E-state index is 14.3. The highest BCUT2D eigenvalue weighted by atomic mass is 19.1. The van der Waals surface area contributed by atoms with Crippen molar-refractivity contribution in [2.75, 3.05) is 13.2 Å². The summed E-state index contributed by atoms with van der Waals surface area (Å²) in [5.74, 6) is -0.0125. The fraction of sp³-hybridized carbons (Fsp3) is 0.538. The highest BCUT2D eigenvalue weighted by Gasteiger charge is 2.26. The fourth-order valence-corrected chi connectivity index (χ4v) is 2.24. The first-order chi connectivity index (χ1) is 7.83. The maximum absolute atomic E-state index is 14.3. The fourth-order valence-electron chi connectivity index (χ4n) is 2.24. The summed E-state index contributed by atoms with van der Waals surface area (Å²) in [4.78, 5) is 0. The lowest BCUT2D eigenvalue weighted by Gasteiger charge is -2.26. The first-order valence-corrected chi connectivity index (χ1v) is 5.82. The standard InChI is InChI=1S/C13H18FNO/c14-13(11-5-3-7-16-9-11)12-6-2-1-4-10(12)8-15/h1-2,4,6,11,13H,3,5,7-9,15H2. The van der Waals surface area contributed by atoms with Crippen LogP contribution < -0.4 is 5.73 Å². The second-order valence-electron chi connectivity index (χ2n) is 4.28. The van der Waals surface area contributed by atoms with Crippen LogP contribution in [0.5, 0.6) is 0 Å². The van der Waals surface area contributed by atoms with Crippen LogP contribution in [0.25, 0.3) is 0 Å². The van der Waals surface area contributed by atoms with E-state index in [-0.39, 0.29) is 5.92 Å². The quantitative estimate of drug-likeness (QED) is 0.854. The predicted octanol–water partition coefficient (Wildman–Crippen LogP) is 2.58. The Hall–Kier alpha value is -0.930. The molecule has 0 amide bonds. The number of alkyl halides is 1. The number of ether oxygens (including phenoxy) is 1. The first-order valence-electron chi connectivity index (χ1n) is 5.82. The van der Waals surface area contributed by atoms with Gasteiger partial charge in [0, 0.05) is 19.1 Å². The van der Waals surface area contributed by atoms with Crippen LogP contribution in [0.15, 0.2) is 24.3 Å². The minimum Gasteiger partial charge on any atom is -0.381 e. The zero-order valence-corrected chi connectivity index (χ0v) is 9.36. The molecular formula is C13H18FNO. The molecule has 0 saturated carbocycles. The molecule has 1 aromatic rings. The maximum Gasteiger partial charge on any atom is 0.130 e. The number of benzene rings is 1. The van der Waals surface area contributed by atoms with Crippen LogP contribution in [-0.2, 0) is 11.3 Å². The predicted molar refractivity (Wildman–Crippen MR) is 61.7 cm³/mol. The van der Waals surface area contributed by atoms with E-state index in [1.807, 2.05) is 24.3 Å². The van der Waals surface area contributed by atoms with Gasteiger partial charge in [0.15, 0.2) is 0 Å². The molecule has 0 aliphatic carbocycles. The van der Waals surface area contributed by atoms with Crippen LogP contribution in [0.4, 0.5) is 4.39 Å². The summed E-state index contributed by atoms with van der Waals surface area (Å²) in [6.45, 7) is 1.69. The molecule has 1 aliphatic heterocycles. The van der Waals surface area contributed by atoms with Gasteiger partial charge >= 0.3 is 0 Å². The van der Waals surface area contributed by atoms with Crippen molar-refractivity contribution in [1.82, 2.24) is 0 Å². The summed E-state index contributed by atoms with van der Waals surface area (Å²) in [7, 11) is 0. The average Bonchev–Trinajstić information content (AvgIpc) is 2.39. The van der Waals surface area contributed by atoms with E-state index in [1.54, 1.807) is 0 Å². The van der Waals surface area contributed by atoms with E-state index in [2.05, 4.69) is 0 Å². The van der Waals surface area contributed by atoms with E-state index in [9.17, 15) is 4.39 Å². The molecule has 1 aliphatic rings. The highest BCUT2D eigenvalue weighted by Crippen LogP contribution is 2.33. The zero-order chi connectivity index (χ0) is 11.4. The van der Waals surface area contributed by atoms with Gasteiger partial charge in [-0.2, -0.15) is 0 Å². The topological polar surface area (TPSA) is 35.2 Å². The Morgan fingerprint density at radius 3 is 2.94 bits per heavy atom. The Bertz CT molecular complexity index is 336. The molecule has 0 spiro atoms. The zero-order valence-electron chi connectivity index (χ0n) is 9.36. The molecule has 1 saturated heterocycles. The largest absolute Gasteiger partial charge is 0.381 e. The molecule has 88 valence electrons. The lowest BCUT2D eigenvalue weighted by atomic mass is 9.90. The molecule has 0 aromatic heterocycles. The minimum atomic E-state index is -0.944. The summed E-state index contributed by atoms with van der Waals surface area (Å²) in [6, 6.07) is 7.49. The van der Waals surface area contributed by atoms with Gasteiger partial charge in [0.05, 0.1) is 6.61 Å². The van der Waals surface area contributed by atoms with Crippen molar-refractivity contribution in [3.8, 4) is 0 Å². The number of rotatable bonds is 3. The van der Waals surface area contributed by atoms with Crippen LogP contribution in [0, 0.1) is 5.92 Å². The number of halogens is 1.